The van der Waals surface area contributed by atoms with E-state index in [4.69, 9.17) is 11.6 Å². The molecule has 0 unspecified atom stereocenters. The predicted molar refractivity (Wildman–Crippen MR) is 62.8 cm³/mol. The van der Waals surface area contributed by atoms with Crippen molar-refractivity contribution in [2.24, 2.45) is 7.05 Å². The van der Waals surface area contributed by atoms with Crippen molar-refractivity contribution in [3.05, 3.63) is 21.8 Å². The molecule has 0 aliphatic heterocycles. The van der Waals surface area contributed by atoms with Crippen LogP contribution in [-0.4, -0.2) is 19.3 Å². The summed E-state index contributed by atoms with van der Waals surface area (Å²) in [6, 6.07) is 0. The first-order valence-electron chi connectivity index (χ1n) is 4.93. The lowest BCUT2D eigenvalue weighted by Crippen LogP contribution is -2.36. The summed E-state index contributed by atoms with van der Waals surface area (Å²) < 4.78 is 3.01. The smallest absolute Gasteiger partial charge is 0.293 e. The number of halogens is 1. The fourth-order valence-electron chi connectivity index (χ4n) is 1.58. The highest BCUT2D eigenvalue weighted by Gasteiger charge is 2.20. The van der Waals surface area contributed by atoms with Crippen LogP contribution in [0.3, 0.4) is 0 Å². The molecule has 2 rings (SSSR count). The van der Waals surface area contributed by atoms with E-state index in [9.17, 15) is 4.79 Å². The Morgan fingerprint density at radius 2 is 2.00 bits per heavy atom. The molecule has 6 heteroatoms. The van der Waals surface area contributed by atoms with E-state index >= 15 is 0 Å². The van der Waals surface area contributed by atoms with Gasteiger partial charge in [0.2, 0.25) is 5.28 Å². The van der Waals surface area contributed by atoms with Gasteiger partial charge in [-0.25, -0.2) is 9.67 Å². The van der Waals surface area contributed by atoms with E-state index in [-0.39, 0.29) is 11.1 Å². The molecule has 2 aromatic rings. The molecule has 86 valence electrons. The summed E-state index contributed by atoms with van der Waals surface area (Å²) in [6.45, 7) is 5.77. The van der Waals surface area contributed by atoms with Gasteiger partial charge in [-0.3, -0.25) is 4.79 Å². The zero-order chi connectivity index (χ0) is 12.1. The van der Waals surface area contributed by atoms with Gasteiger partial charge in [0.15, 0.2) is 0 Å². The number of nitrogens with zero attached hydrogens (tertiary/aromatic N) is 4. The zero-order valence-corrected chi connectivity index (χ0v) is 10.4. The van der Waals surface area contributed by atoms with Crippen LogP contribution in [0.2, 0.25) is 5.28 Å². The summed E-state index contributed by atoms with van der Waals surface area (Å²) in [5.74, 6) is 0. The first kappa shape index (κ1) is 11.1. The molecule has 0 aliphatic carbocycles. The summed E-state index contributed by atoms with van der Waals surface area (Å²) in [7, 11) is 1.71. The van der Waals surface area contributed by atoms with Crippen molar-refractivity contribution in [3.8, 4) is 0 Å². The van der Waals surface area contributed by atoms with Gasteiger partial charge in [0.1, 0.15) is 11.0 Å². The van der Waals surface area contributed by atoms with Gasteiger partial charge in [0, 0.05) is 7.05 Å². The van der Waals surface area contributed by atoms with Gasteiger partial charge in [0.25, 0.3) is 5.56 Å². The Balaban J connectivity index is 2.90. The van der Waals surface area contributed by atoms with Crippen LogP contribution in [0.15, 0.2) is 11.0 Å². The summed E-state index contributed by atoms with van der Waals surface area (Å²) in [5, 5.41) is 4.39. The minimum Gasteiger partial charge on any atom is -0.313 e. The van der Waals surface area contributed by atoms with Gasteiger partial charge in [-0.1, -0.05) is 0 Å². The normalized spacial score (nSPS) is 12.3. The second-order valence-electron chi connectivity index (χ2n) is 4.71. The van der Waals surface area contributed by atoms with E-state index in [1.165, 1.54) is 4.68 Å². The molecule has 0 saturated carbocycles. The fraction of sp³-hybridized carbons (Fsp3) is 0.500. The average molecular weight is 241 g/mol. The third-order valence-electron chi connectivity index (χ3n) is 2.39. The summed E-state index contributed by atoms with van der Waals surface area (Å²) >= 11 is 5.87. The molecule has 0 bridgehead atoms. The van der Waals surface area contributed by atoms with Crippen molar-refractivity contribution in [1.82, 2.24) is 19.3 Å². The van der Waals surface area contributed by atoms with Crippen LogP contribution in [0.1, 0.15) is 20.8 Å². The van der Waals surface area contributed by atoms with Crippen molar-refractivity contribution in [3.63, 3.8) is 0 Å². The molecule has 0 fully saturated rings. The highest BCUT2D eigenvalue weighted by molar-refractivity contribution is 6.29. The van der Waals surface area contributed by atoms with Gasteiger partial charge in [-0.2, -0.15) is 5.10 Å². The Morgan fingerprint density at radius 3 is 2.56 bits per heavy atom. The lowest BCUT2D eigenvalue weighted by Gasteiger charge is -2.20. The topological polar surface area (TPSA) is 52.7 Å². The van der Waals surface area contributed by atoms with Gasteiger partial charge in [0.05, 0.1) is 11.7 Å². The fourth-order valence-corrected chi connectivity index (χ4v) is 1.75. The first-order chi connectivity index (χ1) is 7.32. The Hall–Kier alpha value is -1.36. The second kappa shape index (κ2) is 3.31. The lowest BCUT2D eigenvalue weighted by molar-refractivity contribution is 0.340. The highest BCUT2D eigenvalue weighted by Crippen LogP contribution is 2.16. The maximum Gasteiger partial charge on any atom is 0.293 e. The molecule has 2 aromatic heterocycles. The largest absolute Gasteiger partial charge is 0.313 e. The van der Waals surface area contributed by atoms with Gasteiger partial charge >= 0.3 is 0 Å². The number of fused-ring (bicyclic) bond motifs is 1. The van der Waals surface area contributed by atoms with E-state index < -0.39 is 0 Å². The minimum absolute atomic E-state index is 0.174. The van der Waals surface area contributed by atoms with Crippen molar-refractivity contribution in [2.75, 3.05) is 0 Å². The number of aromatic nitrogens is 4. The molecular weight excluding hydrogens is 228 g/mol. The second-order valence-corrected chi connectivity index (χ2v) is 5.04. The minimum atomic E-state index is -0.359. The summed E-state index contributed by atoms with van der Waals surface area (Å²) in [4.78, 5) is 16.2. The van der Waals surface area contributed by atoms with Crippen molar-refractivity contribution in [2.45, 2.75) is 26.3 Å². The molecule has 16 heavy (non-hydrogen) atoms. The SMILES string of the molecule is Cn1c(Cl)nc2cnn(C(C)(C)C)c(=O)c21. The number of rotatable bonds is 0. The Bertz CT molecular complexity index is 606. The number of hydrogen-bond donors (Lipinski definition) is 0. The van der Waals surface area contributed by atoms with Crippen LogP contribution in [0, 0.1) is 0 Å². The molecule has 0 aromatic carbocycles. The van der Waals surface area contributed by atoms with E-state index in [1.54, 1.807) is 17.8 Å². The van der Waals surface area contributed by atoms with Gasteiger partial charge in [-0.05, 0) is 32.4 Å². The molecular formula is C10H13ClN4O. The van der Waals surface area contributed by atoms with E-state index in [0.29, 0.717) is 16.3 Å². The zero-order valence-electron chi connectivity index (χ0n) is 9.65. The first-order valence-corrected chi connectivity index (χ1v) is 5.31. The van der Waals surface area contributed by atoms with Crippen LogP contribution < -0.4 is 5.56 Å². The third-order valence-corrected chi connectivity index (χ3v) is 2.73. The predicted octanol–water partition coefficient (Wildman–Crippen LogP) is 1.54. The lowest BCUT2D eigenvalue weighted by atomic mass is 10.1. The van der Waals surface area contributed by atoms with E-state index in [1.807, 2.05) is 20.8 Å². The van der Waals surface area contributed by atoms with Gasteiger partial charge < -0.3 is 4.57 Å². The molecule has 0 aliphatic rings. The van der Waals surface area contributed by atoms with Crippen LogP contribution in [0.5, 0.6) is 0 Å². The molecule has 0 N–H and O–H groups in total. The van der Waals surface area contributed by atoms with E-state index in [0.717, 1.165) is 0 Å². The monoisotopic (exact) mass is 240 g/mol. The van der Waals surface area contributed by atoms with Crippen molar-refractivity contribution in [1.29, 1.82) is 0 Å². The van der Waals surface area contributed by atoms with Crippen LogP contribution >= 0.6 is 11.6 Å². The number of hydrogen-bond acceptors (Lipinski definition) is 3. The molecule has 0 spiro atoms. The maximum absolute atomic E-state index is 12.2. The molecule has 0 atom stereocenters. The van der Waals surface area contributed by atoms with Gasteiger partial charge in [-0.15, -0.1) is 0 Å². The summed E-state index contributed by atoms with van der Waals surface area (Å²) in [5.41, 5.74) is 0.474. The maximum atomic E-state index is 12.2. The highest BCUT2D eigenvalue weighted by atomic mass is 35.5. The van der Waals surface area contributed by atoms with Crippen LogP contribution in [-0.2, 0) is 12.6 Å². The number of aryl methyl sites for hydroxylation is 1. The molecule has 0 saturated heterocycles. The Morgan fingerprint density at radius 1 is 1.38 bits per heavy atom. The average Bonchev–Trinajstić information content (AvgIpc) is 2.41. The molecule has 0 radical (unpaired) electrons. The summed E-state index contributed by atoms with van der Waals surface area (Å²) in [6.07, 6.45) is 1.56. The molecule has 5 nitrogen and oxygen atoms in total. The van der Waals surface area contributed by atoms with E-state index in [2.05, 4.69) is 10.1 Å². The standard InChI is InChI=1S/C10H13ClN4O/c1-10(2,3)15-8(16)7-6(5-12-15)13-9(11)14(7)4/h5H,1-4H3. The quantitative estimate of drug-likeness (QED) is 0.702. The Kier molecular flexibility index (Phi) is 2.31. The van der Waals surface area contributed by atoms with Crippen molar-refractivity contribution < 1.29 is 0 Å². The third kappa shape index (κ3) is 1.51. The number of imidazole rings is 1. The molecule has 0 amide bonds. The van der Waals surface area contributed by atoms with Crippen LogP contribution in [0.4, 0.5) is 0 Å². The van der Waals surface area contributed by atoms with Crippen molar-refractivity contribution >= 4 is 22.6 Å². The Labute approximate surface area is 97.7 Å². The molecule has 2 heterocycles. The van der Waals surface area contributed by atoms with Crippen LogP contribution in [0.25, 0.3) is 11.0 Å².